The van der Waals surface area contributed by atoms with Crippen LogP contribution in [0.4, 0.5) is 0 Å². The van der Waals surface area contributed by atoms with E-state index in [4.69, 9.17) is 4.74 Å². The summed E-state index contributed by atoms with van der Waals surface area (Å²) in [4.78, 5) is 0. The molecule has 2 heterocycles. The number of aromatic nitrogens is 3. The smallest absolute Gasteiger partial charge is 0.122 e. The zero-order valence-corrected chi connectivity index (χ0v) is 12.7. The van der Waals surface area contributed by atoms with Crippen LogP contribution in [0.15, 0.2) is 36.5 Å². The molecule has 0 saturated heterocycles. The van der Waals surface area contributed by atoms with Gasteiger partial charge in [0.25, 0.3) is 0 Å². The van der Waals surface area contributed by atoms with Gasteiger partial charge in [0.15, 0.2) is 0 Å². The maximum Gasteiger partial charge on any atom is 0.122 e. The quantitative estimate of drug-likeness (QED) is 0.814. The molecule has 4 heteroatoms. The van der Waals surface area contributed by atoms with Crippen molar-refractivity contribution in [2.45, 2.75) is 44.6 Å². The van der Waals surface area contributed by atoms with Crippen molar-refractivity contribution in [3.8, 4) is 5.75 Å². The lowest BCUT2D eigenvalue weighted by Crippen LogP contribution is -2.09. The molecule has 4 nitrogen and oxygen atoms in total. The van der Waals surface area contributed by atoms with Gasteiger partial charge >= 0.3 is 0 Å². The fourth-order valence-electron chi connectivity index (χ4n) is 3.34. The maximum atomic E-state index is 5.67. The van der Waals surface area contributed by atoms with Gasteiger partial charge in [-0.05, 0) is 49.3 Å². The van der Waals surface area contributed by atoms with Crippen LogP contribution in [0.25, 0.3) is 0 Å². The maximum absolute atomic E-state index is 5.67. The van der Waals surface area contributed by atoms with Crippen LogP contribution in [-0.2, 0) is 13.0 Å². The van der Waals surface area contributed by atoms with E-state index in [1.165, 1.54) is 17.5 Å². The van der Waals surface area contributed by atoms with Crippen LogP contribution in [0, 0.1) is 0 Å². The van der Waals surface area contributed by atoms with Crippen molar-refractivity contribution < 1.29 is 4.74 Å². The number of allylic oxidation sites excluding steroid dienone is 2. The molecule has 4 rings (SSSR count). The highest BCUT2D eigenvalue weighted by Crippen LogP contribution is 2.28. The zero-order valence-electron chi connectivity index (χ0n) is 12.7. The SMILES string of the molecule is C1=CC[C@@H](c2cn(Cc3ccc4c(c3)CCCO4)nn2)CC1. The summed E-state index contributed by atoms with van der Waals surface area (Å²) >= 11 is 0. The standard InChI is InChI=1S/C18H21N3O/c1-2-5-15(6-3-1)17-13-21(20-19-17)12-14-8-9-18-16(11-14)7-4-10-22-18/h1-2,8-9,11,13,15H,3-7,10,12H2/t15-/m1/s1. The van der Waals surface area contributed by atoms with Gasteiger partial charge in [0.05, 0.1) is 18.8 Å². The van der Waals surface area contributed by atoms with Gasteiger partial charge in [0.1, 0.15) is 5.75 Å². The average Bonchev–Trinajstić information content (AvgIpc) is 3.04. The van der Waals surface area contributed by atoms with Crippen molar-refractivity contribution in [3.63, 3.8) is 0 Å². The Morgan fingerprint density at radius 1 is 1.27 bits per heavy atom. The van der Waals surface area contributed by atoms with Crippen molar-refractivity contribution in [1.29, 1.82) is 0 Å². The number of ether oxygens (including phenoxy) is 1. The van der Waals surface area contributed by atoms with Crippen LogP contribution in [0.5, 0.6) is 5.75 Å². The number of rotatable bonds is 3. The average molecular weight is 295 g/mol. The number of hydrogen-bond donors (Lipinski definition) is 0. The van der Waals surface area contributed by atoms with Crippen molar-refractivity contribution in [2.75, 3.05) is 6.61 Å². The van der Waals surface area contributed by atoms with Gasteiger partial charge in [0, 0.05) is 12.1 Å². The summed E-state index contributed by atoms with van der Waals surface area (Å²) in [7, 11) is 0. The predicted molar refractivity (Wildman–Crippen MR) is 85.1 cm³/mol. The van der Waals surface area contributed by atoms with E-state index in [9.17, 15) is 0 Å². The van der Waals surface area contributed by atoms with Gasteiger partial charge in [-0.15, -0.1) is 5.10 Å². The van der Waals surface area contributed by atoms with E-state index in [2.05, 4.69) is 46.9 Å². The van der Waals surface area contributed by atoms with E-state index in [1.54, 1.807) is 0 Å². The van der Waals surface area contributed by atoms with Crippen molar-refractivity contribution in [2.24, 2.45) is 0 Å². The van der Waals surface area contributed by atoms with Crippen LogP contribution in [0.1, 0.15) is 48.4 Å². The predicted octanol–water partition coefficient (Wildman–Crippen LogP) is 3.48. The lowest BCUT2D eigenvalue weighted by atomic mass is 9.92. The highest BCUT2D eigenvalue weighted by molar-refractivity contribution is 5.38. The summed E-state index contributed by atoms with van der Waals surface area (Å²) in [6.07, 6.45) is 12.3. The van der Waals surface area contributed by atoms with Gasteiger partial charge in [-0.1, -0.05) is 29.5 Å². The second kappa shape index (κ2) is 5.95. The molecule has 0 amide bonds. The first-order valence-corrected chi connectivity index (χ1v) is 8.18. The fraction of sp³-hybridized carbons (Fsp3) is 0.444. The molecule has 1 aliphatic heterocycles. The second-order valence-corrected chi connectivity index (χ2v) is 6.22. The summed E-state index contributed by atoms with van der Waals surface area (Å²) < 4.78 is 7.63. The van der Waals surface area contributed by atoms with Crippen molar-refractivity contribution in [1.82, 2.24) is 15.0 Å². The van der Waals surface area contributed by atoms with Gasteiger partial charge in [-0.3, -0.25) is 0 Å². The van der Waals surface area contributed by atoms with Crippen LogP contribution >= 0.6 is 0 Å². The Bertz CT molecular complexity index is 689. The molecule has 2 aliphatic rings. The first-order valence-electron chi connectivity index (χ1n) is 8.18. The molecular weight excluding hydrogens is 274 g/mol. The minimum absolute atomic E-state index is 0.538. The number of hydrogen-bond acceptors (Lipinski definition) is 3. The first-order chi connectivity index (χ1) is 10.9. The van der Waals surface area contributed by atoms with Gasteiger partial charge < -0.3 is 4.74 Å². The summed E-state index contributed by atoms with van der Waals surface area (Å²) in [6.45, 7) is 1.62. The largest absolute Gasteiger partial charge is 0.493 e. The number of nitrogens with zero attached hydrogens (tertiary/aromatic N) is 3. The van der Waals surface area contributed by atoms with Crippen LogP contribution < -0.4 is 4.74 Å². The lowest BCUT2D eigenvalue weighted by Gasteiger charge is -2.17. The highest BCUT2D eigenvalue weighted by Gasteiger charge is 2.16. The molecule has 1 atom stereocenters. The van der Waals surface area contributed by atoms with E-state index in [1.807, 2.05) is 4.68 Å². The van der Waals surface area contributed by atoms with Crippen molar-refractivity contribution in [3.05, 3.63) is 53.4 Å². The lowest BCUT2D eigenvalue weighted by molar-refractivity contribution is 0.288. The molecule has 0 spiro atoms. The third kappa shape index (κ3) is 2.78. The molecule has 2 aromatic rings. The number of benzene rings is 1. The van der Waals surface area contributed by atoms with Gasteiger partial charge in [0.2, 0.25) is 0 Å². The Hall–Kier alpha value is -2.10. The van der Waals surface area contributed by atoms with E-state index in [-0.39, 0.29) is 0 Å². The number of fused-ring (bicyclic) bond motifs is 1. The monoisotopic (exact) mass is 295 g/mol. The van der Waals surface area contributed by atoms with E-state index in [0.29, 0.717) is 5.92 Å². The molecular formula is C18H21N3O. The van der Waals surface area contributed by atoms with E-state index in [0.717, 1.165) is 50.3 Å². The molecule has 0 N–H and O–H groups in total. The molecule has 0 fully saturated rings. The van der Waals surface area contributed by atoms with Crippen LogP contribution in [-0.4, -0.2) is 21.6 Å². The molecule has 0 saturated carbocycles. The topological polar surface area (TPSA) is 39.9 Å². The summed E-state index contributed by atoms with van der Waals surface area (Å²) in [6, 6.07) is 6.47. The normalized spacial score (nSPS) is 20.5. The van der Waals surface area contributed by atoms with Crippen molar-refractivity contribution >= 4 is 0 Å². The molecule has 1 aliphatic carbocycles. The summed E-state index contributed by atoms with van der Waals surface area (Å²) in [5.74, 6) is 1.58. The molecule has 1 aromatic heterocycles. The molecule has 0 radical (unpaired) electrons. The number of aryl methyl sites for hydroxylation is 1. The minimum atomic E-state index is 0.538. The third-order valence-electron chi connectivity index (χ3n) is 4.56. The van der Waals surface area contributed by atoms with Crippen LogP contribution in [0.2, 0.25) is 0 Å². The fourth-order valence-corrected chi connectivity index (χ4v) is 3.34. The molecule has 114 valence electrons. The molecule has 1 aromatic carbocycles. The Morgan fingerprint density at radius 2 is 2.27 bits per heavy atom. The highest BCUT2D eigenvalue weighted by atomic mass is 16.5. The third-order valence-corrected chi connectivity index (χ3v) is 4.56. The Labute approximate surface area is 130 Å². The molecule has 22 heavy (non-hydrogen) atoms. The zero-order chi connectivity index (χ0) is 14.8. The minimum Gasteiger partial charge on any atom is -0.493 e. The second-order valence-electron chi connectivity index (χ2n) is 6.22. The Kier molecular flexibility index (Phi) is 3.67. The Balaban J connectivity index is 1.49. The summed E-state index contributed by atoms with van der Waals surface area (Å²) in [5.41, 5.74) is 3.72. The van der Waals surface area contributed by atoms with Gasteiger partial charge in [-0.2, -0.15) is 0 Å². The Morgan fingerprint density at radius 3 is 3.18 bits per heavy atom. The first kappa shape index (κ1) is 13.6. The van der Waals surface area contributed by atoms with E-state index >= 15 is 0 Å². The van der Waals surface area contributed by atoms with Gasteiger partial charge in [-0.25, -0.2) is 4.68 Å². The molecule has 0 unspecified atom stereocenters. The summed E-state index contributed by atoms with van der Waals surface area (Å²) in [5, 5.41) is 8.69. The molecule has 0 bridgehead atoms. The van der Waals surface area contributed by atoms with Crippen LogP contribution in [0.3, 0.4) is 0 Å². The van der Waals surface area contributed by atoms with E-state index < -0.39 is 0 Å².